The molecule has 1 aliphatic rings. The Bertz CT molecular complexity index is 1470. The maximum atomic E-state index is 13.2. The molecule has 0 amide bonds. The monoisotopic (exact) mass is 526 g/mol. The van der Waals surface area contributed by atoms with E-state index >= 15 is 0 Å². The molecule has 182 valence electrons. The molecule has 0 aliphatic carbocycles. The van der Waals surface area contributed by atoms with Gasteiger partial charge in [-0.3, -0.25) is 4.72 Å². The minimum Gasteiger partial charge on any atom is -0.489 e. The van der Waals surface area contributed by atoms with Crippen LogP contribution in [-0.2, 0) is 16.4 Å². The fraction of sp³-hybridized carbons (Fsp3) is 0.259. The van der Waals surface area contributed by atoms with Gasteiger partial charge < -0.3 is 10.1 Å². The van der Waals surface area contributed by atoms with E-state index in [0.29, 0.717) is 20.5 Å². The number of ether oxygens (including phenoxy) is 1. The highest BCUT2D eigenvalue weighted by atomic mass is 35.5. The van der Waals surface area contributed by atoms with Crippen molar-refractivity contribution in [2.45, 2.75) is 43.0 Å². The molecular formula is C27H27ClN2O3S2. The number of fused-ring (bicyclic) bond motifs is 2. The van der Waals surface area contributed by atoms with Crippen LogP contribution in [0.1, 0.15) is 36.1 Å². The number of halogens is 1. The predicted molar refractivity (Wildman–Crippen MR) is 144 cm³/mol. The van der Waals surface area contributed by atoms with Gasteiger partial charge in [0.05, 0.1) is 5.69 Å². The zero-order valence-electron chi connectivity index (χ0n) is 19.5. The van der Waals surface area contributed by atoms with Gasteiger partial charge in [0.25, 0.3) is 10.0 Å². The van der Waals surface area contributed by atoms with Crippen molar-refractivity contribution in [1.29, 1.82) is 0 Å². The standard InChI is InChI=1S/C27H27ClN2O3S2/c1-17-24-14-21(28)10-13-26(24)34-27(17)35(31,32)30-22-11-8-20-9-12-23(33-25(20)15-22)16-29-18(2)19-6-4-3-5-7-19/h3-8,10-11,13-15,18,23,29-30H,9,12,16H2,1-2H3/t18-,23?/m1/s1. The van der Waals surface area contributed by atoms with E-state index < -0.39 is 10.0 Å². The van der Waals surface area contributed by atoms with Gasteiger partial charge in [0, 0.05) is 28.4 Å². The number of aryl methyl sites for hydroxylation is 2. The van der Waals surface area contributed by atoms with Crippen LogP contribution in [0.4, 0.5) is 5.69 Å². The second-order valence-corrected chi connectivity index (χ2v) is 12.3. The van der Waals surface area contributed by atoms with E-state index in [1.165, 1.54) is 16.9 Å². The first kappa shape index (κ1) is 24.1. The lowest BCUT2D eigenvalue weighted by Crippen LogP contribution is -2.35. The summed E-state index contributed by atoms with van der Waals surface area (Å²) in [6.07, 6.45) is 1.83. The molecule has 1 aromatic heterocycles. The van der Waals surface area contributed by atoms with Gasteiger partial charge in [-0.25, -0.2) is 8.42 Å². The summed E-state index contributed by atoms with van der Waals surface area (Å²) in [5.41, 5.74) is 3.52. The number of nitrogens with one attached hydrogen (secondary N) is 2. The molecule has 0 fully saturated rings. The third-order valence-corrected chi connectivity index (χ3v) is 9.91. The first-order chi connectivity index (χ1) is 16.8. The number of hydrogen-bond acceptors (Lipinski definition) is 5. The minimum absolute atomic E-state index is 0.0232. The van der Waals surface area contributed by atoms with Crippen molar-refractivity contribution < 1.29 is 13.2 Å². The molecule has 0 saturated carbocycles. The van der Waals surface area contributed by atoms with Crippen molar-refractivity contribution in [3.63, 3.8) is 0 Å². The Morgan fingerprint density at radius 1 is 1.11 bits per heavy atom. The maximum absolute atomic E-state index is 13.2. The molecule has 1 unspecified atom stereocenters. The Morgan fingerprint density at radius 2 is 1.91 bits per heavy atom. The molecule has 3 aromatic carbocycles. The van der Waals surface area contributed by atoms with E-state index in [4.69, 9.17) is 16.3 Å². The van der Waals surface area contributed by atoms with Crippen LogP contribution in [0.25, 0.3) is 10.1 Å². The van der Waals surface area contributed by atoms with Crippen molar-refractivity contribution >= 4 is 48.7 Å². The SMILES string of the molecule is Cc1c(S(=O)(=O)Nc2ccc3c(c2)OC(CN[C@H](C)c2ccccc2)CC3)sc2ccc(Cl)cc12. The molecule has 0 spiro atoms. The summed E-state index contributed by atoms with van der Waals surface area (Å²) in [4.78, 5) is 0. The lowest BCUT2D eigenvalue weighted by molar-refractivity contribution is 0.167. The summed E-state index contributed by atoms with van der Waals surface area (Å²) in [6.45, 7) is 4.67. The minimum atomic E-state index is -3.75. The summed E-state index contributed by atoms with van der Waals surface area (Å²) in [5.74, 6) is 0.732. The zero-order chi connectivity index (χ0) is 24.6. The van der Waals surface area contributed by atoms with E-state index in [1.807, 2.05) is 37.3 Å². The van der Waals surface area contributed by atoms with E-state index in [9.17, 15) is 8.42 Å². The van der Waals surface area contributed by atoms with E-state index in [0.717, 1.165) is 40.8 Å². The van der Waals surface area contributed by atoms with Crippen LogP contribution in [-0.4, -0.2) is 21.1 Å². The Balaban J connectivity index is 1.30. The molecule has 35 heavy (non-hydrogen) atoms. The molecule has 2 atom stereocenters. The smallest absolute Gasteiger partial charge is 0.271 e. The first-order valence-electron chi connectivity index (χ1n) is 11.6. The Kier molecular flexibility index (Phi) is 6.77. The highest BCUT2D eigenvalue weighted by Crippen LogP contribution is 2.37. The predicted octanol–water partition coefficient (Wildman–Crippen LogP) is 6.71. The van der Waals surface area contributed by atoms with Gasteiger partial charge >= 0.3 is 0 Å². The van der Waals surface area contributed by atoms with Crippen molar-refractivity contribution in [3.05, 3.63) is 88.4 Å². The van der Waals surface area contributed by atoms with Crippen molar-refractivity contribution in [3.8, 4) is 5.75 Å². The van der Waals surface area contributed by atoms with Crippen LogP contribution in [0.5, 0.6) is 5.75 Å². The lowest BCUT2D eigenvalue weighted by atomic mass is 10.0. The molecule has 8 heteroatoms. The second-order valence-electron chi connectivity index (χ2n) is 8.90. The van der Waals surface area contributed by atoms with Gasteiger partial charge in [0.2, 0.25) is 0 Å². The Morgan fingerprint density at radius 3 is 2.71 bits per heavy atom. The normalized spacial score (nSPS) is 16.5. The molecule has 2 heterocycles. The van der Waals surface area contributed by atoms with Crippen LogP contribution < -0.4 is 14.8 Å². The van der Waals surface area contributed by atoms with Gasteiger partial charge in [0.15, 0.2) is 0 Å². The fourth-order valence-electron chi connectivity index (χ4n) is 4.43. The maximum Gasteiger partial charge on any atom is 0.271 e. The van der Waals surface area contributed by atoms with Crippen LogP contribution >= 0.6 is 22.9 Å². The van der Waals surface area contributed by atoms with Crippen molar-refractivity contribution in [2.24, 2.45) is 0 Å². The average molecular weight is 527 g/mol. The Labute approximate surface area is 215 Å². The molecule has 1 aliphatic heterocycles. The summed E-state index contributed by atoms with van der Waals surface area (Å²) >= 11 is 7.36. The molecule has 2 N–H and O–H groups in total. The van der Waals surface area contributed by atoms with Crippen molar-refractivity contribution in [1.82, 2.24) is 5.32 Å². The fourth-order valence-corrected chi connectivity index (χ4v) is 7.40. The molecule has 5 nitrogen and oxygen atoms in total. The number of anilines is 1. The summed E-state index contributed by atoms with van der Waals surface area (Å²) in [7, 11) is -3.75. The van der Waals surface area contributed by atoms with Gasteiger partial charge in [-0.15, -0.1) is 11.3 Å². The summed E-state index contributed by atoms with van der Waals surface area (Å²) in [6, 6.07) is 21.5. The summed E-state index contributed by atoms with van der Waals surface area (Å²) in [5, 5.41) is 5.00. The largest absolute Gasteiger partial charge is 0.489 e. The quantitative estimate of drug-likeness (QED) is 0.281. The number of sulfonamides is 1. The number of hydrogen-bond donors (Lipinski definition) is 2. The van der Waals surface area contributed by atoms with Crippen molar-refractivity contribution in [2.75, 3.05) is 11.3 Å². The van der Waals surface area contributed by atoms with Gasteiger partial charge in [0.1, 0.15) is 16.1 Å². The van der Waals surface area contributed by atoms with Gasteiger partial charge in [-0.1, -0.05) is 48.0 Å². The molecule has 0 saturated heterocycles. The van der Waals surface area contributed by atoms with Gasteiger partial charge in [-0.2, -0.15) is 0 Å². The Hall–Kier alpha value is -2.58. The highest BCUT2D eigenvalue weighted by molar-refractivity contribution is 7.94. The summed E-state index contributed by atoms with van der Waals surface area (Å²) < 4.78 is 36.7. The first-order valence-corrected chi connectivity index (χ1v) is 14.3. The number of thiophene rings is 1. The number of benzene rings is 3. The lowest BCUT2D eigenvalue weighted by Gasteiger charge is -2.28. The highest BCUT2D eigenvalue weighted by Gasteiger charge is 2.24. The van der Waals surface area contributed by atoms with Crippen LogP contribution in [0.2, 0.25) is 5.02 Å². The van der Waals surface area contributed by atoms with E-state index in [1.54, 1.807) is 24.3 Å². The molecule has 5 rings (SSSR count). The molecule has 0 bridgehead atoms. The molecule has 0 radical (unpaired) electrons. The molecule has 4 aromatic rings. The topological polar surface area (TPSA) is 67.4 Å². The molecular weight excluding hydrogens is 500 g/mol. The van der Waals surface area contributed by atoms with E-state index in [-0.39, 0.29) is 12.1 Å². The van der Waals surface area contributed by atoms with Crippen LogP contribution in [0.3, 0.4) is 0 Å². The zero-order valence-corrected chi connectivity index (χ0v) is 21.9. The number of rotatable bonds is 7. The average Bonchev–Trinajstić information content (AvgIpc) is 3.19. The third kappa shape index (κ3) is 5.19. The van der Waals surface area contributed by atoms with Crippen LogP contribution in [0, 0.1) is 6.92 Å². The van der Waals surface area contributed by atoms with Gasteiger partial charge in [-0.05, 0) is 73.0 Å². The van der Waals surface area contributed by atoms with E-state index in [2.05, 4.69) is 29.1 Å². The van der Waals surface area contributed by atoms with Crippen LogP contribution in [0.15, 0.2) is 70.9 Å². The second kappa shape index (κ2) is 9.82. The third-order valence-electron chi connectivity index (χ3n) is 6.40.